The molecule has 1 saturated carbocycles. The highest BCUT2D eigenvalue weighted by Gasteiger charge is 2.27. The number of halogens is 2. The summed E-state index contributed by atoms with van der Waals surface area (Å²) in [7, 11) is 4.29. The summed E-state index contributed by atoms with van der Waals surface area (Å²) in [5.74, 6) is 0.950. The molecule has 2 unspecified atom stereocenters. The van der Waals surface area contributed by atoms with Gasteiger partial charge in [0.2, 0.25) is 5.91 Å². The van der Waals surface area contributed by atoms with Crippen LogP contribution in [0.3, 0.4) is 0 Å². The maximum Gasteiger partial charge on any atom is 0.237 e. The number of hydrogen-bond donors (Lipinski definition) is 2. The third kappa shape index (κ3) is 6.61. The van der Waals surface area contributed by atoms with Crippen LogP contribution < -0.4 is 10.6 Å². The summed E-state index contributed by atoms with van der Waals surface area (Å²) in [5, 5.41) is 6.51. The smallest absolute Gasteiger partial charge is 0.237 e. The van der Waals surface area contributed by atoms with E-state index in [0.717, 1.165) is 25.4 Å². The lowest BCUT2D eigenvalue weighted by atomic mass is 9.83. The molecule has 6 heteroatoms. The molecule has 1 aliphatic heterocycles. The third-order valence-electron chi connectivity index (χ3n) is 4.97. The van der Waals surface area contributed by atoms with E-state index in [1.54, 1.807) is 0 Å². The van der Waals surface area contributed by atoms with Gasteiger partial charge >= 0.3 is 0 Å². The van der Waals surface area contributed by atoms with E-state index >= 15 is 0 Å². The third-order valence-corrected chi connectivity index (χ3v) is 4.97. The largest absolute Gasteiger partial charge is 0.353 e. The van der Waals surface area contributed by atoms with Crippen molar-refractivity contribution in [1.82, 2.24) is 15.5 Å². The molecule has 2 N–H and O–H groups in total. The van der Waals surface area contributed by atoms with Crippen molar-refractivity contribution < 1.29 is 4.79 Å². The molecule has 4 nitrogen and oxygen atoms in total. The summed E-state index contributed by atoms with van der Waals surface area (Å²) >= 11 is 0. The minimum absolute atomic E-state index is 0. The van der Waals surface area contributed by atoms with Crippen molar-refractivity contribution in [2.75, 3.05) is 27.2 Å². The second-order valence-corrected chi connectivity index (χ2v) is 6.68. The van der Waals surface area contributed by atoms with Crippen LogP contribution in [0.15, 0.2) is 0 Å². The van der Waals surface area contributed by atoms with Gasteiger partial charge in [-0.25, -0.2) is 0 Å². The number of carbonyl (C=O) groups is 1. The van der Waals surface area contributed by atoms with Crippen LogP contribution in [0.5, 0.6) is 0 Å². The molecule has 0 bridgehead atoms. The van der Waals surface area contributed by atoms with Crippen molar-refractivity contribution >= 4 is 30.7 Å². The van der Waals surface area contributed by atoms with E-state index in [9.17, 15) is 4.79 Å². The van der Waals surface area contributed by atoms with E-state index in [1.807, 2.05) is 0 Å². The number of piperidine rings is 1. The summed E-state index contributed by atoms with van der Waals surface area (Å²) in [6.45, 7) is 1.78. The van der Waals surface area contributed by atoms with Gasteiger partial charge < -0.3 is 15.5 Å². The van der Waals surface area contributed by atoms with Crippen molar-refractivity contribution in [2.24, 2.45) is 5.92 Å². The molecular weight excluding hydrogens is 321 g/mol. The highest BCUT2D eigenvalue weighted by molar-refractivity contribution is 5.85. The summed E-state index contributed by atoms with van der Waals surface area (Å²) in [4.78, 5) is 14.5. The molecule has 2 aliphatic rings. The molecule has 0 aromatic heterocycles. The van der Waals surface area contributed by atoms with Gasteiger partial charge in [0.05, 0.1) is 6.04 Å². The maximum absolute atomic E-state index is 12.2. The first-order valence-electron chi connectivity index (χ1n) is 8.36. The van der Waals surface area contributed by atoms with E-state index in [4.69, 9.17) is 0 Å². The van der Waals surface area contributed by atoms with Crippen LogP contribution in [0, 0.1) is 5.92 Å². The quantitative estimate of drug-likeness (QED) is 0.798. The van der Waals surface area contributed by atoms with Gasteiger partial charge in [-0.05, 0) is 52.2 Å². The molecular formula is C16H33Cl2N3O. The van der Waals surface area contributed by atoms with E-state index in [-0.39, 0.29) is 36.8 Å². The maximum atomic E-state index is 12.2. The summed E-state index contributed by atoms with van der Waals surface area (Å²) in [6.07, 6.45) is 10.1. The van der Waals surface area contributed by atoms with Crippen LogP contribution in [0.25, 0.3) is 0 Å². The molecule has 2 fully saturated rings. The van der Waals surface area contributed by atoms with Crippen molar-refractivity contribution in [3.63, 3.8) is 0 Å². The SMILES string of the molecule is CN(C)C(CNC(=O)C1CCCCN1)C1CCCCC1.Cl.Cl. The van der Waals surface area contributed by atoms with Crippen LogP contribution in [-0.2, 0) is 4.79 Å². The van der Waals surface area contributed by atoms with Gasteiger partial charge in [-0.2, -0.15) is 0 Å². The minimum atomic E-state index is 0. The number of carbonyl (C=O) groups excluding carboxylic acids is 1. The molecule has 1 aliphatic carbocycles. The second-order valence-electron chi connectivity index (χ2n) is 6.68. The van der Waals surface area contributed by atoms with Crippen LogP contribution in [0.4, 0.5) is 0 Å². The van der Waals surface area contributed by atoms with Gasteiger partial charge in [0.1, 0.15) is 0 Å². The standard InChI is InChI=1S/C16H31N3O.2ClH/c1-19(2)15(13-8-4-3-5-9-13)12-18-16(20)14-10-6-7-11-17-14;;/h13-15,17H,3-12H2,1-2H3,(H,18,20);2*1H. The average Bonchev–Trinajstić information content (AvgIpc) is 2.49. The van der Waals surface area contributed by atoms with Gasteiger partial charge in [-0.15, -0.1) is 24.8 Å². The zero-order valence-corrected chi connectivity index (χ0v) is 15.6. The van der Waals surface area contributed by atoms with Gasteiger partial charge in [-0.1, -0.05) is 25.7 Å². The molecule has 0 aromatic carbocycles. The fourth-order valence-corrected chi connectivity index (χ4v) is 3.69. The topological polar surface area (TPSA) is 44.4 Å². The first kappa shape index (κ1) is 22.0. The summed E-state index contributed by atoms with van der Waals surface area (Å²) in [5.41, 5.74) is 0. The monoisotopic (exact) mass is 353 g/mol. The van der Waals surface area contributed by atoms with Gasteiger partial charge in [-0.3, -0.25) is 4.79 Å². The molecule has 0 aromatic rings. The van der Waals surface area contributed by atoms with Crippen LogP contribution in [-0.4, -0.2) is 50.1 Å². The first-order valence-corrected chi connectivity index (χ1v) is 8.36. The van der Waals surface area contributed by atoms with Gasteiger partial charge in [0.15, 0.2) is 0 Å². The number of nitrogens with one attached hydrogen (secondary N) is 2. The Balaban J connectivity index is 0.00000220. The van der Waals surface area contributed by atoms with Crippen molar-refractivity contribution in [1.29, 1.82) is 0 Å². The zero-order valence-electron chi connectivity index (χ0n) is 14.0. The van der Waals surface area contributed by atoms with Crippen LogP contribution in [0.1, 0.15) is 51.4 Å². The number of nitrogens with zero attached hydrogens (tertiary/aromatic N) is 1. The zero-order chi connectivity index (χ0) is 14.4. The van der Waals surface area contributed by atoms with Crippen molar-refractivity contribution in [2.45, 2.75) is 63.5 Å². The Hall–Kier alpha value is -0.0300. The Morgan fingerprint density at radius 3 is 2.27 bits per heavy atom. The Kier molecular flexibility index (Phi) is 11.5. The normalized spacial score (nSPS) is 24.0. The lowest BCUT2D eigenvalue weighted by Gasteiger charge is -2.35. The van der Waals surface area contributed by atoms with E-state index < -0.39 is 0 Å². The van der Waals surface area contributed by atoms with E-state index in [2.05, 4.69) is 29.6 Å². The molecule has 2 atom stereocenters. The highest BCUT2D eigenvalue weighted by Crippen LogP contribution is 2.28. The fraction of sp³-hybridized carbons (Fsp3) is 0.938. The molecule has 132 valence electrons. The summed E-state index contributed by atoms with van der Waals surface area (Å²) in [6, 6.07) is 0.528. The summed E-state index contributed by atoms with van der Waals surface area (Å²) < 4.78 is 0. The number of rotatable bonds is 5. The fourth-order valence-electron chi connectivity index (χ4n) is 3.69. The first-order chi connectivity index (χ1) is 9.68. The molecule has 1 heterocycles. The number of likely N-dealkylation sites (N-methyl/N-ethyl adjacent to an activating group) is 1. The van der Waals surface area contributed by atoms with Crippen LogP contribution >= 0.6 is 24.8 Å². The number of hydrogen-bond acceptors (Lipinski definition) is 3. The Morgan fingerprint density at radius 2 is 1.73 bits per heavy atom. The Bertz CT molecular complexity index is 304. The predicted molar refractivity (Wildman–Crippen MR) is 97.2 cm³/mol. The van der Waals surface area contributed by atoms with Gasteiger partial charge in [0.25, 0.3) is 0 Å². The van der Waals surface area contributed by atoms with Crippen molar-refractivity contribution in [3.05, 3.63) is 0 Å². The Morgan fingerprint density at radius 1 is 1.09 bits per heavy atom. The van der Waals surface area contributed by atoms with E-state index in [1.165, 1.54) is 44.9 Å². The highest BCUT2D eigenvalue weighted by atomic mass is 35.5. The molecule has 0 radical (unpaired) electrons. The van der Waals surface area contributed by atoms with Gasteiger partial charge in [0, 0.05) is 12.6 Å². The lowest BCUT2D eigenvalue weighted by Crippen LogP contribution is -2.51. The molecule has 0 spiro atoms. The van der Waals surface area contributed by atoms with Crippen molar-refractivity contribution in [3.8, 4) is 0 Å². The average molecular weight is 354 g/mol. The van der Waals surface area contributed by atoms with Crippen LogP contribution in [0.2, 0.25) is 0 Å². The lowest BCUT2D eigenvalue weighted by molar-refractivity contribution is -0.124. The minimum Gasteiger partial charge on any atom is -0.353 e. The Labute approximate surface area is 148 Å². The number of amides is 1. The van der Waals surface area contributed by atoms with E-state index in [0.29, 0.717) is 6.04 Å². The molecule has 22 heavy (non-hydrogen) atoms. The molecule has 1 saturated heterocycles. The molecule has 2 rings (SSSR count). The molecule has 1 amide bonds. The second kappa shape index (κ2) is 11.5. The predicted octanol–water partition coefficient (Wildman–Crippen LogP) is 2.60.